The smallest absolute Gasteiger partial charge is 0.251 e. The SMILES string of the molecule is N#Cc1ccnnc1OCC1CCCN1. The fourth-order valence-corrected chi connectivity index (χ4v) is 1.59. The summed E-state index contributed by atoms with van der Waals surface area (Å²) in [7, 11) is 0. The molecule has 0 bridgehead atoms. The van der Waals surface area contributed by atoms with Crippen molar-refractivity contribution >= 4 is 0 Å². The maximum Gasteiger partial charge on any atom is 0.251 e. The van der Waals surface area contributed by atoms with Crippen molar-refractivity contribution in [3.05, 3.63) is 17.8 Å². The molecule has 78 valence electrons. The van der Waals surface area contributed by atoms with Gasteiger partial charge >= 0.3 is 0 Å². The molecule has 0 saturated carbocycles. The Morgan fingerprint density at radius 3 is 3.33 bits per heavy atom. The van der Waals surface area contributed by atoms with Gasteiger partial charge in [0.05, 0.1) is 6.20 Å². The fraction of sp³-hybridized carbons (Fsp3) is 0.500. The Morgan fingerprint density at radius 2 is 2.60 bits per heavy atom. The zero-order valence-electron chi connectivity index (χ0n) is 8.31. The van der Waals surface area contributed by atoms with Crippen molar-refractivity contribution in [3.63, 3.8) is 0 Å². The Labute approximate surface area is 88.1 Å². The van der Waals surface area contributed by atoms with Crippen LogP contribution in [0, 0.1) is 11.3 Å². The minimum atomic E-state index is 0.327. The van der Waals surface area contributed by atoms with Crippen molar-refractivity contribution in [3.8, 4) is 11.9 Å². The Bertz CT molecular complexity index is 368. The number of nitrogens with one attached hydrogen (secondary N) is 1. The quantitative estimate of drug-likeness (QED) is 0.775. The Kier molecular flexibility index (Phi) is 3.10. The molecule has 5 nitrogen and oxygen atoms in total. The van der Waals surface area contributed by atoms with Crippen LogP contribution in [-0.4, -0.2) is 29.4 Å². The van der Waals surface area contributed by atoms with Gasteiger partial charge in [0.1, 0.15) is 18.2 Å². The van der Waals surface area contributed by atoms with Crippen molar-refractivity contribution in [2.24, 2.45) is 0 Å². The number of nitrogens with zero attached hydrogens (tertiary/aromatic N) is 3. The molecule has 1 unspecified atom stereocenters. The van der Waals surface area contributed by atoms with Crippen LogP contribution in [0.4, 0.5) is 0 Å². The maximum atomic E-state index is 8.80. The van der Waals surface area contributed by atoms with E-state index in [4.69, 9.17) is 10.00 Å². The molecule has 1 atom stereocenters. The molecule has 0 radical (unpaired) electrons. The summed E-state index contributed by atoms with van der Waals surface area (Å²) in [5.74, 6) is 0.327. The number of aromatic nitrogens is 2. The van der Waals surface area contributed by atoms with Gasteiger partial charge in [0.15, 0.2) is 0 Å². The van der Waals surface area contributed by atoms with Gasteiger partial charge in [-0.25, -0.2) is 0 Å². The van der Waals surface area contributed by atoms with E-state index in [2.05, 4.69) is 15.5 Å². The van der Waals surface area contributed by atoms with E-state index in [0.717, 1.165) is 13.0 Å². The molecule has 1 aromatic heterocycles. The van der Waals surface area contributed by atoms with Crippen LogP contribution in [0.1, 0.15) is 18.4 Å². The molecule has 1 aliphatic rings. The average molecular weight is 204 g/mol. The third-order valence-electron chi connectivity index (χ3n) is 2.39. The molecule has 2 rings (SSSR count). The van der Waals surface area contributed by atoms with E-state index in [1.54, 1.807) is 6.07 Å². The second-order valence-electron chi connectivity index (χ2n) is 3.47. The largest absolute Gasteiger partial charge is 0.474 e. The summed E-state index contributed by atoms with van der Waals surface area (Å²) in [6.45, 7) is 1.59. The van der Waals surface area contributed by atoms with Crippen LogP contribution >= 0.6 is 0 Å². The van der Waals surface area contributed by atoms with Gasteiger partial charge in [0.25, 0.3) is 5.88 Å². The van der Waals surface area contributed by atoms with Gasteiger partial charge in [-0.2, -0.15) is 10.4 Å². The molecule has 0 aromatic carbocycles. The summed E-state index contributed by atoms with van der Waals surface area (Å²) in [4.78, 5) is 0. The van der Waals surface area contributed by atoms with E-state index in [9.17, 15) is 0 Å². The molecule has 1 N–H and O–H groups in total. The summed E-state index contributed by atoms with van der Waals surface area (Å²) in [6, 6.07) is 4.00. The molecule has 5 heteroatoms. The molecule has 0 amide bonds. The fourth-order valence-electron chi connectivity index (χ4n) is 1.59. The Balaban J connectivity index is 1.95. The van der Waals surface area contributed by atoms with Crippen molar-refractivity contribution in [1.29, 1.82) is 5.26 Å². The summed E-state index contributed by atoms with van der Waals surface area (Å²) < 4.78 is 5.45. The van der Waals surface area contributed by atoms with E-state index in [1.165, 1.54) is 12.6 Å². The van der Waals surface area contributed by atoms with Crippen LogP contribution in [0.25, 0.3) is 0 Å². The van der Waals surface area contributed by atoms with Crippen LogP contribution in [0.15, 0.2) is 12.3 Å². The first-order chi connectivity index (χ1) is 7.40. The highest BCUT2D eigenvalue weighted by atomic mass is 16.5. The third-order valence-corrected chi connectivity index (χ3v) is 2.39. The minimum absolute atomic E-state index is 0.327. The molecule has 15 heavy (non-hydrogen) atoms. The predicted octanol–water partition coefficient (Wildman–Crippen LogP) is 0.479. The summed E-state index contributed by atoms with van der Waals surface area (Å²) >= 11 is 0. The van der Waals surface area contributed by atoms with E-state index >= 15 is 0 Å². The van der Waals surface area contributed by atoms with Crippen molar-refractivity contribution < 1.29 is 4.74 Å². The van der Waals surface area contributed by atoms with E-state index in [-0.39, 0.29) is 0 Å². The van der Waals surface area contributed by atoms with Crippen LogP contribution < -0.4 is 10.1 Å². The van der Waals surface area contributed by atoms with Crippen molar-refractivity contribution in [2.75, 3.05) is 13.2 Å². The average Bonchev–Trinajstić information content (AvgIpc) is 2.79. The van der Waals surface area contributed by atoms with E-state index in [0.29, 0.717) is 24.1 Å². The topological polar surface area (TPSA) is 70.8 Å². The molecule has 2 heterocycles. The lowest BCUT2D eigenvalue weighted by Crippen LogP contribution is -2.28. The summed E-state index contributed by atoms with van der Waals surface area (Å²) in [5.41, 5.74) is 0.433. The highest BCUT2D eigenvalue weighted by molar-refractivity contribution is 5.35. The zero-order valence-corrected chi connectivity index (χ0v) is 8.31. The number of nitriles is 1. The highest BCUT2D eigenvalue weighted by Crippen LogP contribution is 2.13. The summed E-state index contributed by atoms with van der Waals surface area (Å²) in [6.07, 6.45) is 3.78. The first kappa shape index (κ1) is 9.87. The standard InChI is InChI=1S/C10H12N4O/c11-6-8-3-5-13-14-10(8)15-7-9-2-1-4-12-9/h3,5,9,12H,1-2,4,7H2. The normalized spacial score (nSPS) is 19.8. The van der Waals surface area contributed by atoms with E-state index in [1.807, 2.05) is 6.07 Å². The van der Waals surface area contributed by atoms with Gasteiger partial charge in [-0.1, -0.05) is 0 Å². The molecule has 1 saturated heterocycles. The van der Waals surface area contributed by atoms with Crippen LogP contribution in [0.2, 0.25) is 0 Å². The lowest BCUT2D eigenvalue weighted by atomic mass is 10.2. The molecule has 1 aliphatic heterocycles. The van der Waals surface area contributed by atoms with Crippen LogP contribution in [0.3, 0.4) is 0 Å². The second-order valence-corrected chi connectivity index (χ2v) is 3.47. The first-order valence-electron chi connectivity index (χ1n) is 4.98. The molecule has 1 fully saturated rings. The lowest BCUT2D eigenvalue weighted by molar-refractivity contribution is 0.264. The lowest BCUT2D eigenvalue weighted by Gasteiger charge is -2.11. The highest BCUT2D eigenvalue weighted by Gasteiger charge is 2.15. The Morgan fingerprint density at radius 1 is 1.67 bits per heavy atom. The van der Waals surface area contributed by atoms with Crippen molar-refractivity contribution in [1.82, 2.24) is 15.5 Å². The number of hydrogen-bond acceptors (Lipinski definition) is 5. The van der Waals surface area contributed by atoms with Crippen LogP contribution in [-0.2, 0) is 0 Å². The van der Waals surface area contributed by atoms with Gasteiger partial charge in [-0.3, -0.25) is 0 Å². The van der Waals surface area contributed by atoms with Gasteiger partial charge < -0.3 is 10.1 Å². The number of ether oxygens (including phenoxy) is 1. The molecule has 0 spiro atoms. The zero-order chi connectivity index (χ0) is 10.5. The van der Waals surface area contributed by atoms with Gasteiger partial charge in [0.2, 0.25) is 0 Å². The minimum Gasteiger partial charge on any atom is -0.474 e. The van der Waals surface area contributed by atoms with Crippen molar-refractivity contribution in [2.45, 2.75) is 18.9 Å². The third kappa shape index (κ3) is 2.42. The first-order valence-corrected chi connectivity index (χ1v) is 4.98. The van der Waals surface area contributed by atoms with Crippen LogP contribution in [0.5, 0.6) is 5.88 Å². The Hall–Kier alpha value is -1.67. The number of rotatable bonds is 3. The molecule has 0 aliphatic carbocycles. The van der Waals surface area contributed by atoms with Gasteiger partial charge in [0, 0.05) is 6.04 Å². The summed E-state index contributed by atoms with van der Waals surface area (Å²) in [5, 5.41) is 19.6. The maximum absolute atomic E-state index is 8.80. The molecule has 1 aromatic rings. The monoisotopic (exact) mass is 204 g/mol. The molecular formula is C10H12N4O. The van der Waals surface area contributed by atoms with Gasteiger partial charge in [-0.15, -0.1) is 5.10 Å². The number of hydrogen-bond donors (Lipinski definition) is 1. The molecular weight excluding hydrogens is 192 g/mol. The predicted molar refractivity (Wildman–Crippen MR) is 53.3 cm³/mol. The van der Waals surface area contributed by atoms with E-state index < -0.39 is 0 Å². The second kappa shape index (κ2) is 4.71. The van der Waals surface area contributed by atoms with Gasteiger partial charge in [-0.05, 0) is 25.5 Å².